The minimum Gasteiger partial charge on any atom is -0.368 e. The van der Waals surface area contributed by atoms with Crippen LogP contribution in [-0.4, -0.2) is 22.8 Å². The SMILES string of the molecule is CC.CCC1C2CC3CC1CC(CNc1nc(NCc4ccccc4SC)ncc1C#N)(C3)C2. The standard InChI is InChI=1S/C26H33N5S.C2H6/c1-3-22-19-8-17-9-20(22)12-26(10-17,11-19)16-30-24-21(13-27)15-29-25(31-24)28-14-18-6-4-5-7-23(18)32-2;1-2/h4-7,15,17,19-20,22H,3,8-12,14,16H2,1-2H3,(H2,28,29,30,31);1-2H3. The van der Waals surface area contributed by atoms with Gasteiger partial charge in [0.05, 0.1) is 6.20 Å². The van der Waals surface area contributed by atoms with E-state index >= 15 is 0 Å². The summed E-state index contributed by atoms with van der Waals surface area (Å²) < 4.78 is 0. The molecule has 4 fully saturated rings. The summed E-state index contributed by atoms with van der Waals surface area (Å²) in [6.07, 6.45) is 12.0. The van der Waals surface area contributed by atoms with Crippen molar-refractivity contribution < 1.29 is 0 Å². The maximum Gasteiger partial charge on any atom is 0.224 e. The van der Waals surface area contributed by atoms with Gasteiger partial charge < -0.3 is 10.6 Å². The van der Waals surface area contributed by atoms with Crippen LogP contribution in [0, 0.1) is 40.4 Å². The molecule has 2 N–H and O–H groups in total. The first-order valence-corrected chi connectivity index (χ1v) is 14.2. The van der Waals surface area contributed by atoms with Gasteiger partial charge in [0, 0.05) is 18.0 Å². The van der Waals surface area contributed by atoms with Crippen molar-refractivity contribution in [1.29, 1.82) is 5.26 Å². The normalized spacial score (nSPS) is 28.6. The zero-order valence-corrected chi connectivity index (χ0v) is 21.9. The van der Waals surface area contributed by atoms with Gasteiger partial charge in [-0.3, -0.25) is 0 Å². The van der Waals surface area contributed by atoms with Crippen LogP contribution >= 0.6 is 11.8 Å². The van der Waals surface area contributed by atoms with Crippen molar-refractivity contribution in [2.75, 3.05) is 23.4 Å². The Hall–Kier alpha value is -2.26. The minimum atomic E-state index is 0.380. The fourth-order valence-electron chi connectivity index (χ4n) is 7.16. The Bertz CT molecular complexity index is 1000. The molecule has 1 aromatic carbocycles. The predicted molar refractivity (Wildman–Crippen MR) is 142 cm³/mol. The molecule has 6 heteroatoms. The van der Waals surface area contributed by atoms with Gasteiger partial charge in [-0.1, -0.05) is 45.4 Å². The number of thioether (sulfide) groups is 1. The number of nitrogens with zero attached hydrogens (tertiary/aromatic N) is 3. The first-order valence-electron chi connectivity index (χ1n) is 13.0. The number of anilines is 2. The molecule has 2 aromatic rings. The number of aromatic nitrogens is 2. The maximum atomic E-state index is 9.62. The highest BCUT2D eigenvalue weighted by Gasteiger charge is 2.54. The zero-order chi connectivity index (χ0) is 24.1. The van der Waals surface area contributed by atoms with Gasteiger partial charge in [0.25, 0.3) is 0 Å². The van der Waals surface area contributed by atoms with Crippen LogP contribution in [0.25, 0.3) is 0 Å². The molecule has 5 nitrogen and oxygen atoms in total. The van der Waals surface area contributed by atoms with Gasteiger partial charge in [0.1, 0.15) is 17.5 Å². The second-order valence-electron chi connectivity index (χ2n) is 10.1. The summed E-state index contributed by atoms with van der Waals surface area (Å²) >= 11 is 1.74. The van der Waals surface area contributed by atoms with Crippen LogP contribution in [0.2, 0.25) is 0 Å². The third-order valence-corrected chi connectivity index (χ3v) is 9.07. The van der Waals surface area contributed by atoms with E-state index < -0.39 is 0 Å². The summed E-state index contributed by atoms with van der Waals surface area (Å²) in [6, 6.07) is 10.6. The van der Waals surface area contributed by atoms with Gasteiger partial charge in [0.2, 0.25) is 5.95 Å². The van der Waals surface area contributed by atoms with Crippen LogP contribution in [0.5, 0.6) is 0 Å². The van der Waals surface area contributed by atoms with Crippen LogP contribution in [0.3, 0.4) is 0 Å². The van der Waals surface area contributed by atoms with Gasteiger partial charge in [-0.2, -0.15) is 10.2 Å². The van der Waals surface area contributed by atoms with Crippen molar-refractivity contribution in [3.05, 3.63) is 41.6 Å². The molecule has 6 rings (SSSR count). The molecule has 1 heterocycles. The van der Waals surface area contributed by atoms with E-state index in [1.807, 2.05) is 13.8 Å². The highest BCUT2D eigenvalue weighted by Crippen LogP contribution is 2.62. The molecule has 0 amide bonds. The highest BCUT2D eigenvalue weighted by molar-refractivity contribution is 7.98. The quantitative estimate of drug-likeness (QED) is 0.400. The Morgan fingerprint density at radius 3 is 2.53 bits per heavy atom. The fraction of sp³-hybridized carbons (Fsp3) is 0.607. The Morgan fingerprint density at radius 2 is 1.85 bits per heavy atom. The smallest absolute Gasteiger partial charge is 0.224 e. The van der Waals surface area contributed by atoms with E-state index in [4.69, 9.17) is 4.98 Å². The molecule has 4 bridgehead atoms. The van der Waals surface area contributed by atoms with Crippen molar-refractivity contribution in [2.45, 2.75) is 70.7 Å². The number of nitriles is 1. The lowest BCUT2D eigenvalue weighted by Gasteiger charge is -2.60. The molecule has 2 unspecified atom stereocenters. The van der Waals surface area contributed by atoms with Crippen molar-refractivity contribution in [1.82, 2.24) is 9.97 Å². The van der Waals surface area contributed by atoms with Crippen molar-refractivity contribution in [2.24, 2.45) is 29.1 Å². The number of hydrogen-bond acceptors (Lipinski definition) is 6. The van der Waals surface area contributed by atoms with Crippen LogP contribution in [0.15, 0.2) is 35.4 Å². The second-order valence-corrected chi connectivity index (χ2v) is 11.0. The van der Waals surface area contributed by atoms with E-state index in [2.05, 4.69) is 59.1 Å². The van der Waals surface area contributed by atoms with E-state index in [1.165, 1.54) is 49.0 Å². The fourth-order valence-corrected chi connectivity index (χ4v) is 7.78. The second kappa shape index (κ2) is 11.0. The van der Waals surface area contributed by atoms with Gasteiger partial charge in [0.15, 0.2) is 0 Å². The minimum absolute atomic E-state index is 0.380. The number of nitrogens with one attached hydrogen (secondary N) is 2. The third-order valence-electron chi connectivity index (χ3n) is 8.24. The number of benzene rings is 1. The van der Waals surface area contributed by atoms with Crippen molar-refractivity contribution in [3.8, 4) is 6.07 Å². The van der Waals surface area contributed by atoms with Crippen LogP contribution in [0.1, 0.15) is 70.4 Å². The van der Waals surface area contributed by atoms with E-state index in [9.17, 15) is 5.26 Å². The average Bonchev–Trinajstić information content (AvgIpc) is 2.87. The van der Waals surface area contributed by atoms with Gasteiger partial charge >= 0.3 is 0 Å². The lowest BCUT2D eigenvalue weighted by atomic mass is 9.46. The molecule has 34 heavy (non-hydrogen) atoms. The first-order chi connectivity index (χ1) is 16.6. The Kier molecular flexibility index (Phi) is 8.03. The molecule has 1 aromatic heterocycles. The van der Waals surface area contributed by atoms with Crippen LogP contribution in [0.4, 0.5) is 11.8 Å². The molecule has 4 aliphatic rings. The molecule has 4 saturated carbocycles. The summed E-state index contributed by atoms with van der Waals surface area (Å²) in [5.41, 5.74) is 2.13. The largest absolute Gasteiger partial charge is 0.368 e. The average molecular weight is 478 g/mol. The predicted octanol–water partition coefficient (Wildman–Crippen LogP) is 6.97. The van der Waals surface area contributed by atoms with Gasteiger partial charge in [-0.15, -0.1) is 11.8 Å². The summed E-state index contributed by atoms with van der Waals surface area (Å²) in [4.78, 5) is 10.3. The molecule has 0 aliphatic heterocycles. The summed E-state index contributed by atoms with van der Waals surface area (Å²) in [5, 5.41) is 16.6. The number of hydrogen-bond donors (Lipinski definition) is 2. The molecule has 0 radical (unpaired) electrons. The van der Waals surface area contributed by atoms with E-state index in [0.717, 1.165) is 30.2 Å². The molecule has 4 aliphatic carbocycles. The summed E-state index contributed by atoms with van der Waals surface area (Å²) in [5.74, 6) is 4.90. The van der Waals surface area contributed by atoms with Crippen molar-refractivity contribution in [3.63, 3.8) is 0 Å². The zero-order valence-electron chi connectivity index (χ0n) is 21.1. The number of rotatable bonds is 8. The highest BCUT2D eigenvalue weighted by atomic mass is 32.2. The molecule has 2 atom stereocenters. The molecule has 182 valence electrons. The monoisotopic (exact) mass is 477 g/mol. The van der Waals surface area contributed by atoms with E-state index in [1.54, 1.807) is 18.0 Å². The van der Waals surface area contributed by atoms with Crippen molar-refractivity contribution >= 4 is 23.5 Å². The topological polar surface area (TPSA) is 73.6 Å². The first kappa shape index (κ1) is 24.9. The van der Waals surface area contributed by atoms with Crippen LogP contribution < -0.4 is 10.6 Å². The molecular weight excluding hydrogens is 438 g/mol. The van der Waals surface area contributed by atoms with Gasteiger partial charge in [-0.05, 0) is 79.1 Å². The molecule has 0 saturated heterocycles. The maximum absolute atomic E-state index is 9.62. The van der Waals surface area contributed by atoms with E-state index in [-0.39, 0.29) is 0 Å². The summed E-state index contributed by atoms with van der Waals surface area (Å²) in [7, 11) is 0. The lowest BCUT2D eigenvalue weighted by molar-refractivity contribution is -0.0893. The van der Waals surface area contributed by atoms with Crippen LogP contribution in [-0.2, 0) is 6.54 Å². The lowest BCUT2D eigenvalue weighted by Crippen LogP contribution is -2.53. The molecule has 0 spiro atoms. The summed E-state index contributed by atoms with van der Waals surface area (Å²) in [6.45, 7) is 7.97. The Balaban J connectivity index is 0.00000133. The Labute approximate surface area is 209 Å². The molecular formula is C28H39N5S. The third kappa shape index (κ3) is 5.05. The van der Waals surface area contributed by atoms with E-state index in [0.29, 0.717) is 29.3 Å². The Morgan fingerprint density at radius 1 is 1.12 bits per heavy atom. The van der Waals surface area contributed by atoms with Gasteiger partial charge in [-0.25, -0.2) is 4.98 Å².